The Morgan fingerprint density at radius 2 is 2.19 bits per heavy atom. The number of hydrogen-bond acceptors (Lipinski definition) is 3. The molecule has 0 aliphatic rings. The number of hydrogen-bond donors (Lipinski definition) is 1. The Morgan fingerprint density at radius 3 is 2.81 bits per heavy atom. The van der Waals surface area contributed by atoms with Crippen LogP contribution in [0.25, 0.3) is 0 Å². The van der Waals surface area contributed by atoms with Crippen LogP contribution in [0.1, 0.15) is 25.5 Å². The van der Waals surface area contributed by atoms with Gasteiger partial charge in [0.2, 0.25) is 5.43 Å². The highest BCUT2D eigenvalue weighted by Gasteiger charge is 2.05. The number of unbranched alkanes of at least 4 members (excludes halogenated alkanes) is 1. The molecule has 0 saturated carbocycles. The third kappa shape index (κ3) is 3.38. The lowest BCUT2D eigenvalue weighted by Crippen LogP contribution is -2.22. The molecular formula is C12H20N2O2. The molecule has 4 nitrogen and oxygen atoms in total. The van der Waals surface area contributed by atoms with Crippen LogP contribution >= 0.6 is 0 Å². The minimum Gasteiger partial charge on any atom is -0.503 e. The normalized spacial score (nSPS) is 11.0. The summed E-state index contributed by atoms with van der Waals surface area (Å²) in [5.41, 5.74) is 0.610. The molecule has 0 fully saturated rings. The lowest BCUT2D eigenvalue weighted by molar-refractivity contribution is 0.312. The molecule has 0 aromatic carbocycles. The van der Waals surface area contributed by atoms with Crippen LogP contribution in [0.15, 0.2) is 17.1 Å². The van der Waals surface area contributed by atoms with Crippen molar-refractivity contribution in [3.8, 4) is 5.75 Å². The Balaban J connectivity index is 2.73. The summed E-state index contributed by atoms with van der Waals surface area (Å²) in [7, 11) is 3.87. The highest BCUT2D eigenvalue weighted by atomic mass is 16.3. The fourth-order valence-electron chi connectivity index (χ4n) is 1.60. The monoisotopic (exact) mass is 224 g/mol. The van der Waals surface area contributed by atoms with Gasteiger partial charge in [0.05, 0.1) is 0 Å². The van der Waals surface area contributed by atoms with Gasteiger partial charge in [0.1, 0.15) is 0 Å². The first-order chi connectivity index (χ1) is 7.54. The van der Waals surface area contributed by atoms with Crippen LogP contribution in [0.4, 0.5) is 0 Å². The van der Waals surface area contributed by atoms with Gasteiger partial charge >= 0.3 is 0 Å². The van der Waals surface area contributed by atoms with Crippen LogP contribution in [0.3, 0.4) is 0 Å². The van der Waals surface area contributed by atoms with E-state index in [-0.39, 0.29) is 11.2 Å². The Morgan fingerprint density at radius 1 is 1.50 bits per heavy atom. The Labute approximate surface area is 96.1 Å². The van der Waals surface area contributed by atoms with Gasteiger partial charge in [-0.15, -0.1) is 0 Å². The lowest BCUT2D eigenvalue weighted by Gasteiger charge is -2.18. The van der Waals surface area contributed by atoms with Gasteiger partial charge < -0.3 is 14.6 Å². The number of rotatable bonds is 5. The average Bonchev–Trinajstić information content (AvgIpc) is 2.23. The van der Waals surface area contributed by atoms with E-state index in [0.717, 1.165) is 25.2 Å². The molecule has 0 unspecified atom stereocenters. The van der Waals surface area contributed by atoms with E-state index < -0.39 is 0 Å². The molecule has 0 radical (unpaired) electrons. The van der Waals surface area contributed by atoms with E-state index in [1.807, 2.05) is 14.1 Å². The summed E-state index contributed by atoms with van der Waals surface area (Å²) in [6, 6.07) is 1.50. The van der Waals surface area contributed by atoms with Crippen molar-refractivity contribution < 1.29 is 5.11 Å². The van der Waals surface area contributed by atoms with E-state index in [4.69, 9.17) is 0 Å². The standard InChI is InChI=1S/C12H20N2O2/c1-4-5-6-13(2)8-10-7-11(15)12(16)9-14(10)3/h7,9,16H,4-6,8H2,1-3H3. The van der Waals surface area contributed by atoms with Gasteiger partial charge in [-0.1, -0.05) is 13.3 Å². The molecule has 0 atom stereocenters. The summed E-state index contributed by atoms with van der Waals surface area (Å²) in [4.78, 5) is 13.5. The zero-order valence-corrected chi connectivity index (χ0v) is 10.2. The first kappa shape index (κ1) is 12.8. The highest BCUT2D eigenvalue weighted by molar-refractivity contribution is 5.19. The molecule has 16 heavy (non-hydrogen) atoms. The largest absolute Gasteiger partial charge is 0.503 e. The van der Waals surface area contributed by atoms with Gasteiger partial charge in [-0.3, -0.25) is 4.79 Å². The number of aryl methyl sites for hydroxylation is 1. The Bertz CT molecular complexity index is 398. The number of aromatic nitrogens is 1. The van der Waals surface area contributed by atoms with Crippen LogP contribution in [0.2, 0.25) is 0 Å². The van der Waals surface area contributed by atoms with E-state index in [0.29, 0.717) is 0 Å². The van der Waals surface area contributed by atoms with Gasteiger partial charge in [0.25, 0.3) is 0 Å². The lowest BCUT2D eigenvalue weighted by atomic mass is 10.3. The van der Waals surface area contributed by atoms with Crippen molar-refractivity contribution in [3.63, 3.8) is 0 Å². The van der Waals surface area contributed by atoms with Crippen LogP contribution < -0.4 is 5.43 Å². The van der Waals surface area contributed by atoms with E-state index in [1.165, 1.54) is 18.7 Å². The molecule has 1 rings (SSSR count). The van der Waals surface area contributed by atoms with Gasteiger partial charge in [-0.05, 0) is 20.0 Å². The second kappa shape index (κ2) is 5.70. The second-order valence-electron chi connectivity index (χ2n) is 4.22. The summed E-state index contributed by atoms with van der Waals surface area (Å²) in [5, 5.41) is 9.25. The number of aromatic hydroxyl groups is 1. The van der Waals surface area contributed by atoms with E-state index in [9.17, 15) is 9.90 Å². The molecule has 0 saturated heterocycles. The summed E-state index contributed by atoms with van der Waals surface area (Å²) in [6.07, 6.45) is 3.78. The van der Waals surface area contributed by atoms with Gasteiger partial charge in [-0.25, -0.2) is 0 Å². The zero-order chi connectivity index (χ0) is 12.1. The predicted molar refractivity (Wildman–Crippen MR) is 64.6 cm³/mol. The van der Waals surface area contributed by atoms with Crippen molar-refractivity contribution in [2.75, 3.05) is 13.6 Å². The highest BCUT2D eigenvalue weighted by Crippen LogP contribution is 2.06. The molecular weight excluding hydrogens is 204 g/mol. The second-order valence-corrected chi connectivity index (χ2v) is 4.22. The molecule has 1 heterocycles. The number of nitrogens with zero attached hydrogens (tertiary/aromatic N) is 2. The summed E-state index contributed by atoms with van der Waals surface area (Å²) >= 11 is 0. The minimum absolute atomic E-state index is 0.192. The molecule has 1 N–H and O–H groups in total. The summed E-state index contributed by atoms with van der Waals surface area (Å²) < 4.78 is 1.79. The van der Waals surface area contributed by atoms with E-state index in [1.54, 1.807) is 4.57 Å². The van der Waals surface area contributed by atoms with Crippen LogP contribution in [0.5, 0.6) is 5.75 Å². The van der Waals surface area contributed by atoms with Crippen molar-refractivity contribution in [1.82, 2.24) is 9.47 Å². The smallest absolute Gasteiger partial charge is 0.223 e. The molecule has 0 aliphatic carbocycles. The predicted octanol–water partition coefficient (Wildman–Crippen LogP) is 1.32. The average molecular weight is 224 g/mol. The fourth-order valence-corrected chi connectivity index (χ4v) is 1.60. The van der Waals surface area contributed by atoms with Crippen molar-refractivity contribution in [2.45, 2.75) is 26.3 Å². The zero-order valence-electron chi connectivity index (χ0n) is 10.2. The van der Waals surface area contributed by atoms with Crippen molar-refractivity contribution >= 4 is 0 Å². The third-order valence-electron chi connectivity index (χ3n) is 2.64. The molecule has 1 aromatic heterocycles. The molecule has 0 amide bonds. The molecule has 0 bridgehead atoms. The molecule has 0 spiro atoms. The van der Waals surface area contributed by atoms with Crippen molar-refractivity contribution in [3.05, 3.63) is 28.2 Å². The van der Waals surface area contributed by atoms with E-state index in [2.05, 4.69) is 11.8 Å². The summed E-state index contributed by atoms with van der Waals surface area (Å²) in [6.45, 7) is 3.90. The molecule has 0 aliphatic heterocycles. The Hall–Kier alpha value is -1.29. The number of pyridine rings is 1. The van der Waals surface area contributed by atoms with Gasteiger partial charge in [-0.2, -0.15) is 0 Å². The van der Waals surface area contributed by atoms with E-state index >= 15 is 0 Å². The van der Waals surface area contributed by atoms with Crippen molar-refractivity contribution in [2.24, 2.45) is 7.05 Å². The Kier molecular flexibility index (Phi) is 4.55. The third-order valence-corrected chi connectivity index (χ3v) is 2.64. The van der Waals surface area contributed by atoms with Crippen LogP contribution in [0, 0.1) is 0 Å². The minimum atomic E-state index is -0.308. The maximum Gasteiger partial charge on any atom is 0.223 e. The molecule has 4 heteroatoms. The maximum atomic E-state index is 11.3. The summed E-state index contributed by atoms with van der Waals surface area (Å²) in [5.74, 6) is -0.192. The maximum absolute atomic E-state index is 11.3. The van der Waals surface area contributed by atoms with Crippen LogP contribution in [-0.4, -0.2) is 28.2 Å². The fraction of sp³-hybridized carbons (Fsp3) is 0.583. The van der Waals surface area contributed by atoms with Gasteiger partial charge in [0.15, 0.2) is 5.75 Å². The topological polar surface area (TPSA) is 45.5 Å². The molecule has 1 aromatic rings. The first-order valence-electron chi connectivity index (χ1n) is 5.61. The molecule has 90 valence electrons. The van der Waals surface area contributed by atoms with Crippen LogP contribution in [-0.2, 0) is 13.6 Å². The van der Waals surface area contributed by atoms with Gasteiger partial charge in [0, 0.05) is 31.5 Å². The quantitative estimate of drug-likeness (QED) is 0.820. The first-order valence-corrected chi connectivity index (χ1v) is 5.61. The SMILES string of the molecule is CCCCN(C)Cc1cc(=O)c(O)cn1C. The van der Waals surface area contributed by atoms with Crippen molar-refractivity contribution in [1.29, 1.82) is 0 Å².